The maximum Gasteiger partial charge on any atom is 0.409 e. The van der Waals surface area contributed by atoms with E-state index in [4.69, 9.17) is 4.74 Å². The van der Waals surface area contributed by atoms with Gasteiger partial charge in [0.2, 0.25) is 0 Å². The Hall–Kier alpha value is -2.37. The minimum atomic E-state index is -0.231. The molecule has 0 atom stereocenters. The van der Waals surface area contributed by atoms with Gasteiger partial charge in [0.05, 0.1) is 6.61 Å². The fourth-order valence-corrected chi connectivity index (χ4v) is 2.45. The first-order chi connectivity index (χ1) is 10.3. The number of nitrogens with zero attached hydrogens (tertiary/aromatic N) is 4. The smallest absolute Gasteiger partial charge is 0.409 e. The number of aromatic nitrogens is 2. The summed E-state index contributed by atoms with van der Waals surface area (Å²) in [4.78, 5) is 24.4. The molecular formula is C15H18N4O2. The quantitative estimate of drug-likeness (QED) is 0.844. The van der Waals surface area contributed by atoms with E-state index in [0.29, 0.717) is 19.7 Å². The van der Waals surface area contributed by atoms with E-state index in [9.17, 15) is 4.79 Å². The fourth-order valence-electron chi connectivity index (χ4n) is 2.45. The molecule has 6 heteroatoms. The minimum absolute atomic E-state index is 0.231. The summed E-state index contributed by atoms with van der Waals surface area (Å²) in [5.74, 6) is 0.907. The van der Waals surface area contributed by atoms with Crippen LogP contribution in [0.3, 0.4) is 0 Å². The molecule has 1 aliphatic rings. The number of fused-ring (bicyclic) bond motifs is 1. The number of hydrogen-bond donors (Lipinski definition) is 0. The second kappa shape index (κ2) is 5.95. The van der Waals surface area contributed by atoms with Crippen molar-refractivity contribution in [3.63, 3.8) is 0 Å². The molecule has 3 heterocycles. The molecule has 21 heavy (non-hydrogen) atoms. The van der Waals surface area contributed by atoms with Crippen LogP contribution >= 0.6 is 0 Å². The van der Waals surface area contributed by atoms with Crippen LogP contribution in [0.15, 0.2) is 30.5 Å². The Morgan fingerprint density at radius 3 is 2.81 bits per heavy atom. The molecule has 6 nitrogen and oxygen atoms in total. The number of hydrogen-bond acceptors (Lipinski definition) is 5. The van der Waals surface area contributed by atoms with Crippen LogP contribution in [0.25, 0.3) is 11.0 Å². The first kappa shape index (κ1) is 13.6. The van der Waals surface area contributed by atoms with Gasteiger partial charge < -0.3 is 14.5 Å². The standard InChI is InChI=1S/C15H18N4O2/c1-2-21-15(20)19-10-8-18(9-11-19)13-6-5-12-4-3-7-16-14(12)17-13/h3-7H,2,8-11H2,1H3. The van der Waals surface area contributed by atoms with Crippen LogP contribution in [0, 0.1) is 0 Å². The Morgan fingerprint density at radius 1 is 1.24 bits per heavy atom. The summed E-state index contributed by atoms with van der Waals surface area (Å²) in [5, 5.41) is 1.03. The summed E-state index contributed by atoms with van der Waals surface area (Å²) >= 11 is 0. The summed E-state index contributed by atoms with van der Waals surface area (Å²) in [6.45, 7) is 5.05. The van der Waals surface area contributed by atoms with Crippen molar-refractivity contribution in [2.45, 2.75) is 6.92 Å². The van der Waals surface area contributed by atoms with Crippen LogP contribution in [0.1, 0.15) is 6.92 Å². The van der Waals surface area contributed by atoms with E-state index in [-0.39, 0.29) is 6.09 Å². The van der Waals surface area contributed by atoms with Gasteiger partial charge in [-0.05, 0) is 31.2 Å². The third kappa shape index (κ3) is 2.89. The Kier molecular flexibility index (Phi) is 3.85. The molecular weight excluding hydrogens is 268 g/mol. The van der Waals surface area contributed by atoms with Crippen LogP contribution in [-0.4, -0.2) is 53.7 Å². The van der Waals surface area contributed by atoms with E-state index in [0.717, 1.165) is 29.9 Å². The zero-order valence-corrected chi connectivity index (χ0v) is 12.0. The first-order valence-corrected chi connectivity index (χ1v) is 7.16. The highest BCUT2D eigenvalue weighted by atomic mass is 16.6. The zero-order valence-electron chi connectivity index (χ0n) is 12.0. The lowest BCUT2D eigenvalue weighted by atomic mass is 10.2. The van der Waals surface area contributed by atoms with Gasteiger partial charge in [-0.3, -0.25) is 0 Å². The number of amides is 1. The van der Waals surface area contributed by atoms with Crippen LogP contribution in [0.5, 0.6) is 0 Å². The van der Waals surface area contributed by atoms with Crippen molar-refractivity contribution < 1.29 is 9.53 Å². The third-order valence-electron chi connectivity index (χ3n) is 3.58. The van der Waals surface area contributed by atoms with Crippen molar-refractivity contribution in [3.8, 4) is 0 Å². The largest absolute Gasteiger partial charge is 0.450 e. The molecule has 0 aliphatic carbocycles. The molecule has 0 aromatic carbocycles. The van der Waals surface area contributed by atoms with Crippen LogP contribution in [0.2, 0.25) is 0 Å². The molecule has 2 aromatic rings. The average molecular weight is 286 g/mol. The van der Waals surface area contributed by atoms with Gasteiger partial charge in [-0.1, -0.05) is 0 Å². The average Bonchev–Trinajstić information content (AvgIpc) is 2.55. The number of piperazine rings is 1. The van der Waals surface area contributed by atoms with Crippen LogP contribution < -0.4 is 4.90 Å². The third-order valence-corrected chi connectivity index (χ3v) is 3.58. The predicted octanol–water partition coefficient (Wildman–Crippen LogP) is 1.91. The van der Waals surface area contributed by atoms with Crippen molar-refractivity contribution in [1.29, 1.82) is 0 Å². The first-order valence-electron chi connectivity index (χ1n) is 7.16. The summed E-state index contributed by atoms with van der Waals surface area (Å²) < 4.78 is 5.02. The van der Waals surface area contributed by atoms with Crippen molar-refractivity contribution in [3.05, 3.63) is 30.5 Å². The maximum absolute atomic E-state index is 11.7. The Labute approximate surface area is 123 Å². The van der Waals surface area contributed by atoms with Gasteiger partial charge in [-0.25, -0.2) is 14.8 Å². The highest BCUT2D eigenvalue weighted by molar-refractivity contribution is 5.76. The van der Waals surface area contributed by atoms with Gasteiger partial charge in [-0.15, -0.1) is 0 Å². The number of rotatable bonds is 2. The topological polar surface area (TPSA) is 58.6 Å². The molecule has 0 unspecified atom stereocenters. The second-order valence-corrected chi connectivity index (χ2v) is 4.89. The van der Waals surface area contributed by atoms with E-state index >= 15 is 0 Å². The van der Waals surface area contributed by atoms with Gasteiger partial charge in [0.1, 0.15) is 5.82 Å². The number of pyridine rings is 2. The summed E-state index contributed by atoms with van der Waals surface area (Å²) in [6.07, 6.45) is 1.52. The fraction of sp³-hybridized carbons (Fsp3) is 0.400. The molecule has 2 aromatic heterocycles. The molecule has 1 fully saturated rings. The van der Waals surface area contributed by atoms with Crippen molar-refractivity contribution in [2.75, 3.05) is 37.7 Å². The predicted molar refractivity (Wildman–Crippen MR) is 80.3 cm³/mol. The van der Waals surface area contributed by atoms with Crippen LogP contribution in [-0.2, 0) is 4.74 Å². The maximum atomic E-state index is 11.7. The Morgan fingerprint density at radius 2 is 2.05 bits per heavy atom. The summed E-state index contributed by atoms with van der Waals surface area (Å²) in [7, 11) is 0. The van der Waals surface area contributed by atoms with Gasteiger partial charge >= 0.3 is 6.09 Å². The molecule has 0 bridgehead atoms. The van der Waals surface area contributed by atoms with Gasteiger partial charge in [0.15, 0.2) is 5.65 Å². The highest BCUT2D eigenvalue weighted by Gasteiger charge is 2.22. The Bertz CT molecular complexity index is 638. The lowest BCUT2D eigenvalue weighted by molar-refractivity contribution is 0.105. The highest BCUT2D eigenvalue weighted by Crippen LogP contribution is 2.18. The monoisotopic (exact) mass is 286 g/mol. The zero-order chi connectivity index (χ0) is 14.7. The number of carbonyl (C=O) groups is 1. The molecule has 0 saturated carbocycles. The lowest BCUT2D eigenvalue weighted by Crippen LogP contribution is -2.49. The summed E-state index contributed by atoms with van der Waals surface area (Å²) in [6, 6.07) is 7.94. The molecule has 3 rings (SSSR count). The number of anilines is 1. The SMILES string of the molecule is CCOC(=O)N1CCN(c2ccc3cccnc3n2)CC1. The molecule has 110 valence electrons. The molecule has 1 aliphatic heterocycles. The van der Waals surface area contributed by atoms with E-state index in [1.807, 2.05) is 31.2 Å². The van der Waals surface area contributed by atoms with Crippen molar-refractivity contribution in [1.82, 2.24) is 14.9 Å². The van der Waals surface area contributed by atoms with E-state index in [1.165, 1.54) is 0 Å². The van der Waals surface area contributed by atoms with Crippen LogP contribution in [0.4, 0.5) is 10.6 Å². The van der Waals surface area contributed by atoms with Gasteiger partial charge in [0, 0.05) is 37.8 Å². The number of carbonyl (C=O) groups excluding carboxylic acids is 1. The lowest BCUT2D eigenvalue weighted by Gasteiger charge is -2.34. The summed E-state index contributed by atoms with van der Waals surface area (Å²) in [5.41, 5.74) is 0.753. The Balaban J connectivity index is 1.69. The van der Waals surface area contributed by atoms with E-state index in [2.05, 4.69) is 14.9 Å². The van der Waals surface area contributed by atoms with Crippen molar-refractivity contribution >= 4 is 22.9 Å². The minimum Gasteiger partial charge on any atom is -0.450 e. The molecule has 1 saturated heterocycles. The molecule has 0 N–H and O–H groups in total. The molecule has 0 spiro atoms. The normalized spacial score (nSPS) is 15.3. The van der Waals surface area contributed by atoms with E-state index < -0.39 is 0 Å². The van der Waals surface area contributed by atoms with E-state index in [1.54, 1.807) is 11.1 Å². The van der Waals surface area contributed by atoms with Crippen molar-refractivity contribution in [2.24, 2.45) is 0 Å². The van der Waals surface area contributed by atoms with Gasteiger partial charge in [-0.2, -0.15) is 0 Å². The number of ether oxygens (including phenoxy) is 1. The molecule has 0 radical (unpaired) electrons. The molecule has 1 amide bonds. The second-order valence-electron chi connectivity index (χ2n) is 4.89. The van der Waals surface area contributed by atoms with Gasteiger partial charge in [0.25, 0.3) is 0 Å².